The molecule has 0 aliphatic carbocycles. The lowest BCUT2D eigenvalue weighted by molar-refractivity contribution is 0.343. The van der Waals surface area contributed by atoms with Gasteiger partial charge in [0, 0.05) is 0 Å². The van der Waals surface area contributed by atoms with E-state index >= 15 is 0 Å². The van der Waals surface area contributed by atoms with Crippen molar-refractivity contribution in [2.24, 2.45) is 0 Å². The highest BCUT2D eigenvalue weighted by Crippen LogP contribution is 2.14. The van der Waals surface area contributed by atoms with Crippen molar-refractivity contribution in [3.05, 3.63) is 48.3 Å². The van der Waals surface area contributed by atoms with Gasteiger partial charge >= 0.3 is 0 Å². The molecule has 0 atom stereocenters. The average Bonchev–Trinajstić information content (AvgIpc) is 2.80. The van der Waals surface area contributed by atoms with Gasteiger partial charge < -0.3 is 5.11 Å². The molecule has 0 radical (unpaired) electrons. The molecule has 0 saturated heterocycles. The molecular weight excluding hydrogens is 209 g/mol. The molecule has 2 rings (SSSR count). The Hall–Kier alpha value is -2.01. The number of rotatable bonds is 3. The fourth-order valence-electron chi connectivity index (χ4n) is 1.33. The number of aromatic nitrogens is 3. The van der Waals surface area contributed by atoms with E-state index in [0.717, 1.165) is 0 Å². The lowest BCUT2D eigenvalue weighted by Gasteiger charge is -2.02. The number of benzene rings is 1. The van der Waals surface area contributed by atoms with Crippen LogP contribution in [0.2, 0.25) is 0 Å². The van der Waals surface area contributed by atoms with Crippen LogP contribution < -0.4 is 0 Å². The maximum atomic E-state index is 13.7. The summed E-state index contributed by atoms with van der Waals surface area (Å²) in [7, 11) is 0. The van der Waals surface area contributed by atoms with Gasteiger partial charge in [0.1, 0.15) is 24.2 Å². The van der Waals surface area contributed by atoms with Crippen molar-refractivity contribution < 1.29 is 9.50 Å². The maximum absolute atomic E-state index is 13.7. The Bertz CT molecular complexity index is 494. The highest BCUT2D eigenvalue weighted by Gasteiger charge is 2.04. The summed E-state index contributed by atoms with van der Waals surface area (Å²) < 4.78 is 15.0. The topological polar surface area (TPSA) is 50.9 Å². The van der Waals surface area contributed by atoms with Gasteiger partial charge in [-0.25, -0.2) is 14.1 Å². The molecule has 0 saturated carbocycles. The quantitative estimate of drug-likeness (QED) is 0.849. The second kappa shape index (κ2) is 4.67. The summed E-state index contributed by atoms with van der Waals surface area (Å²) in [6.45, 7) is -0.0630. The van der Waals surface area contributed by atoms with E-state index < -0.39 is 0 Å². The standard InChI is InChI=1S/C11H10FN3O/c12-10-6-9(2-1-5-16)3-4-11(10)15-8-13-7-14-15/h1-4,6-8,16H,5H2. The smallest absolute Gasteiger partial charge is 0.149 e. The number of hydrogen-bond donors (Lipinski definition) is 1. The summed E-state index contributed by atoms with van der Waals surface area (Å²) in [6, 6.07) is 4.73. The van der Waals surface area contributed by atoms with Crippen molar-refractivity contribution in [2.75, 3.05) is 6.61 Å². The highest BCUT2D eigenvalue weighted by molar-refractivity contribution is 5.52. The van der Waals surface area contributed by atoms with Crippen LogP contribution in [0.4, 0.5) is 4.39 Å². The summed E-state index contributed by atoms with van der Waals surface area (Å²) in [5.74, 6) is -0.384. The third-order valence-electron chi connectivity index (χ3n) is 2.05. The van der Waals surface area contributed by atoms with E-state index in [1.807, 2.05) is 0 Å². The van der Waals surface area contributed by atoms with Gasteiger partial charge in [0.05, 0.1) is 6.61 Å². The van der Waals surface area contributed by atoms with Crippen molar-refractivity contribution >= 4 is 6.08 Å². The molecule has 0 aliphatic rings. The summed E-state index contributed by atoms with van der Waals surface area (Å²) in [4.78, 5) is 3.75. The Morgan fingerprint density at radius 3 is 2.94 bits per heavy atom. The molecule has 0 bridgehead atoms. The van der Waals surface area contributed by atoms with Gasteiger partial charge in [-0.15, -0.1) is 0 Å². The Labute approximate surface area is 91.7 Å². The lowest BCUT2D eigenvalue weighted by atomic mass is 10.2. The Balaban J connectivity index is 2.34. The van der Waals surface area contributed by atoms with E-state index in [2.05, 4.69) is 10.1 Å². The van der Waals surface area contributed by atoms with E-state index in [1.165, 1.54) is 23.4 Å². The second-order valence-corrected chi connectivity index (χ2v) is 3.14. The monoisotopic (exact) mass is 219 g/mol. The molecule has 0 unspecified atom stereocenters. The molecule has 4 nitrogen and oxygen atoms in total. The lowest BCUT2D eigenvalue weighted by Crippen LogP contribution is -1.98. The molecule has 0 amide bonds. The molecule has 1 N–H and O–H groups in total. The number of hydrogen-bond acceptors (Lipinski definition) is 3. The SMILES string of the molecule is OCC=Cc1ccc(-n2cncn2)c(F)c1. The molecule has 82 valence electrons. The van der Waals surface area contributed by atoms with E-state index in [0.29, 0.717) is 11.3 Å². The van der Waals surface area contributed by atoms with Crippen molar-refractivity contribution in [3.63, 3.8) is 0 Å². The normalized spacial score (nSPS) is 11.1. The molecular formula is C11H10FN3O. The minimum absolute atomic E-state index is 0.0630. The maximum Gasteiger partial charge on any atom is 0.149 e. The number of halogens is 1. The number of aliphatic hydroxyl groups excluding tert-OH is 1. The van der Waals surface area contributed by atoms with Crippen molar-refractivity contribution in [2.45, 2.75) is 0 Å². The Kier molecular flexibility index (Phi) is 3.07. The fourth-order valence-corrected chi connectivity index (χ4v) is 1.33. The van der Waals surface area contributed by atoms with Crippen LogP contribution in [0.15, 0.2) is 36.9 Å². The van der Waals surface area contributed by atoms with Crippen LogP contribution in [0.1, 0.15) is 5.56 Å². The molecule has 0 aliphatic heterocycles. The molecule has 5 heteroatoms. The van der Waals surface area contributed by atoms with Gasteiger partial charge in [0.25, 0.3) is 0 Å². The van der Waals surface area contributed by atoms with Gasteiger partial charge in [0.15, 0.2) is 0 Å². The van der Waals surface area contributed by atoms with Gasteiger partial charge in [-0.1, -0.05) is 18.2 Å². The molecule has 1 aromatic carbocycles. The predicted molar refractivity (Wildman–Crippen MR) is 57.4 cm³/mol. The van der Waals surface area contributed by atoms with Gasteiger partial charge in [0.2, 0.25) is 0 Å². The first kappa shape index (κ1) is 10.5. The Morgan fingerprint density at radius 2 is 2.31 bits per heavy atom. The van der Waals surface area contributed by atoms with Crippen molar-refractivity contribution in [1.29, 1.82) is 0 Å². The zero-order chi connectivity index (χ0) is 11.4. The minimum atomic E-state index is -0.384. The van der Waals surface area contributed by atoms with Crippen LogP contribution in [0.3, 0.4) is 0 Å². The molecule has 2 aromatic rings. The van der Waals surface area contributed by atoms with E-state index in [-0.39, 0.29) is 12.4 Å². The molecule has 16 heavy (non-hydrogen) atoms. The van der Waals surface area contributed by atoms with Crippen LogP contribution in [0, 0.1) is 5.82 Å². The number of aliphatic hydroxyl groups is 1. The Morgan fingerprint density at radius 1 is 1.44 bits per heavy atom. The first-order valence-corrected chi connectivity index (χ1v) is 4.73. The summed E-state index contributed by atoms with van der Waals surface area (Å²) in [5.41, 5.74) is 1.04. The zero-order valence-corrected chi connectivity index (χ0v) is 8.42. The van der Waals surface area contributed by atoms with Crippen LogP contribution in [0.5, 0.6) is 0 Å². The van der Waals surface area contributed by atoms with Crippen LogP contribution >= 0.6 is 0 Å². The predicted octanol–water partition coefficient (Wildman–Crippen LogP) is 1.41. The van der Waals surface area contributed by atoms with E-state index in [1.54, 1.807) is 24.3 Å². The largest absolute Gasteiger partial charge is 0.392 e. The molecule has 1 aromatic heterocycles. The van der Waals surface area contributed by atoms with Crippen LogP contribution in [-0.4, -0.2) is 26.5 Å². The first-order chi connectivity index (χ1) is 7.81. The van der Waals surface area contributed by atoms with E-state index in [9.17, 15) is 4.39 Å². The molecule has 1 heterocycles. The van der Waals surface area contributed by atoms with Crippen LogP contribution in [0.25, 0.3) is 11.8 Å². The molecule has 0 spiro atoms. The summed E-state index contributed by atoms with van der Waals surface area (Å²) in [6.07, 6.45) is 5.97. The van der Waals surface area contributed by atoms with Crippen molar-refractivity contribution in [3.8, 4) is 5.69 Å². The highest BCUT2D eigenvalue weighted by atomic mass is 19.1. The third kappa shape index (κ3) is 2.14. The molecule has 0 fully saturated rings. The fraction of sp³-hybridized carbons (Fsp3) is 0.0909. The minimum Gasteiger partial charge on any atom is -0.392 e. The van der Waals surface area contributed by atoms with Gasteiger partial charge in [-0.05, 0) is 17.7 Å². The van der Waals surface area contributed by atoms with Crippen LogP contribution in [-0.2, 0) is 0 Å². The average molecular weight is 219 g/mol. The second-order valence-electron chi connectivity index (χ2n) is 3.14. The zero-order valence-electron chi connectivity index (χ0n) is 8.42. The third-order valence-corrected chi connectivity index (χ3v) is 2.05. The summed E-state index contributed by atoms with van der Waals surface area (Å²) >= 11 is 0. The van der Waals surface area contributed by atoms with Gasteiger partial charge in [-0.3, -0.25) is 0 Å². The number of nitrogens with zero attached hydrogens (tertiary/aromatic N) is 3. The summed E-state index contributed by atoms with van der Waals surface area (Å²) in [5, 5.41) is 12.4. The van der Waals surface area contributed by atoms with Crippen molar-refractivity contribution in [1.82, 2.24) is 14.8 Å². The van der Waals surface area contributed by atoms with E-state index in [4.69, 9.17) is 5.11 Å². The first-order valence-electron chi connectivity index (χ1n) is 4.73. The van der Waals surface area contributed by atoms with Gasteiger partial charge in [-0.2, -0.15) is 5.10 Å².